The molecule has 0 aromatic heterocycles. The van der Waals surface area contributed by atoms with Crippen LogP contribution in [0.3, 0.4) is 0 Å². The quantitative estimate of drug-likeness (QED) is 0.325. The van der Waals surface area contributed by atoms with Crippen molar-refractivity contribution in [2.45, 2.75) is 64.8 Å². The molecule has 0 unspecified atom stereocenters. The smallest absolute Gasteiger partial charge is 0.221 e. The second-order valence-corrected chi connectivity index (χ2v) is 5.89. The average molecular weight is 326 g/mol. The van der Waals surface area contributed by atoms with Crippen LogP contribution in [0.4, 0.5) is 0 Å². The lowest BCUT2D eigenvalue weighted by Gasteiger charge is -2.22. The largest absolute Gasteiger partial charge is 0.382 e. The summed E-state index contributed by atoms with van der Waals surface area (Å²) in [5.74, 6) is 0.908. The molecule has 0 radical (unpaired) electrons. The van der Waals surface area contributed by atoms with Crippen molar-refractivity contribution in [3.63, 3.8) is 0 Å². The number of aliphatic imine (C=N–C) groups is 1. The van der Waals surface area contributed by atoms with Gasteiger partial charge in [0.05, 0.1) is 0 Å². The van der Waals surface area contributed by atoms with E-state index in [1.165, 1.54) is 19.3 Å². The second-order valence-electron chi connectivity index (χ2n) is 5.89. The number of amides is 1. The highest BCUT2D eigenvalue weighted by molar-refractivity contribution is 5.81. The number of ether oxygens (including phenoxy) is 1. The molecule has 0 atom stereocenters. The van der Waals surface area contributed by atoms with Crippen LogP contribution in [-0.4, -0.2) is 50.8 Å². The summed E-state index contributed by atoms with van der Waals surface area (Å²) in [6, 6.07) is 0.386. The van der Waals surface area contributed by atoms with Gasteiger partial charge in [0.1, 0.15) is 0 Å². The van der Waals surface area contributed by atoms with Crippen LogP contribution < -0.4 is 16.0 Å². The fraction of sp³-hybridized carbons (Fsp3) is 0.882. The number of nitrogens with one attached hydrogen (secondary N) is 3. The molecule has 1 aliphatic rings. The van der Waals surface area contributed by atoms with Gasteiger partial charge in [-0.1, -0.05) is 19.3 Å². The summed E-state index contributed by atoms with van der Waals surface area (Å²) in [6.45, 7) is 7.66. The van der Waals surface area contributed by atoms with E-state index in [1.807, 2.05) is 13.8 Å². The molecule has 1 fully saturated rings. The average Bonchev–Trinajstić information content (AvgIpc) is 2.55. The monoisotopic (exact) mass is 326 g/mol. The van der Waals surface area contributed by atoms with E-state index in [2.05, 4.69) is 20.9 Å². The molecule has 134 valence electrons. The minimum absolute atomic E-state index is 0.136. The van der Waals surface area contributed by atoms with E-state index in [9.17, 15) is 4.79 Å². The van der Waals surface area contributed by atoms with Gasteiger partial charge in [-0.05, 0) is 33.1 Å². The first-order chi connectivity index (χ1) is 11.3. The molecule has 0 saturated heterocycles. The summed E-state index contributed by atoms with van der Waals surface area (Å²) < 4.78 is 5.30. The Balaban J connectivity index is 2.17. The normalized spacial score (nSPS) is 16.2. The van der Waals surface area contributed by atoms with Crippen LogP contribution in [0.2, 0.25) is 0 Å². The maximum Gasteiger partial charge on any atom is 0.221 e. The van der Waals surface area contributed by atoms with Gasteiger partial charge in [0.15, 0.2) is 5.96 Å². The summed E-state index contributed by atoms with van der Waals surface area (Å²) >= 11 is 0. The van der Waals surface area contributed by atoms with Crippen molar-refractivity contribution in [2.24, 2.45) is 4.99 Å². The topological polar surface area (TPSA) is 74.8 Å². The summed E-state index contributed by atoms with van der Waals surface area (Å²) in [7, 11) is 0. The van der Waals surface area contributed by atoms with E-state index in [1.54, 1.807) is 0 Å². The van der Waals surface area contributed by atoms with Crippen molar-refractivity contribution in [1.29, 1.82) is 0 Å². The standard InChI is InChI=1S/C17H34N4O2/c1-3-18-17(19-12-8-14-23-4-2)20-13-11-16(22)21-15-9-6-5-7-10-15/h15H,3-14H2,1-2H3,(H,21,22)(H2,18,19,20). The fourth-order valence-corrected chi connectivity index (χ4v) is 2.68. The predicted molar refractivity (Wildman–Crippen MR) is 94.7 cm³/mol. The molecule has 6 nitrogen and oxygen atoms in total. The number of carbonyl (C=O) groups excluding carboxylic acids is 1. The van der Waals surface area contributed by atoms with Crippen LogP contribution >= 0.6 is 0 Å². The van der Waals surface area contributed by atoms with E-state index in [0.717, 1.165) is 51.5 Å². The summed E-state index contributed by atoms with van der Waals surface area (Å²) in [6.07, 6.45) is 7.43. The SMILES string of the molecule is CCNC(=NCCCOCC)NCCC(=O)NC1CCCCC1. The molecule has 0 bridgehead atoms. The third-order valence-electron chi connectivity index (χ3n) is 3.88. The van der Waals surface area contributed by atoms with Gasteiger partial charge in [-0.3, -0.25) is 9.79 Å². The van der Waals surface area contributed by atoms with Gasteiger partial charge in [0.2, 0.25) is 5.91 Å². The Kier molecular flexibility index (Phi) is 11.3. The molecule has 0 aromatic carbocycles. The van der Waals surface area contributed by atoms with Crippen molar-refractivity contribution in [1.82, 2.24) is 16.0 Å². The molecule has 23 heavy (non-hydrogen) atoms. The van der Waals surface area contributed by atoms with Crippen LogP contribution in [0, 0.1) is 0 Å². The molecule has 0 aromatic rings. The third kappa shape index (κ3) is 10.2. The van der Waals surface area contributed by atoms with Gasteiger partial charge >= 0.3 is 0 Å². The number of hydrogen-bond donors (Lipinski definition) is 3. The van der Waals surface area contributed by atoms with Gasteiger partial charge in [-0.25, -0.2) is 0 Å². The minimum Gasteiger partial charge on any atom is -0.382 e. The van der Waals surface area contributed by atoms with Gasteiger partial charge in [-0.2, -0.15) is 0 Å². The second kappa shape index (κ2) is 13.2. The Labute approximate surface area is 140 Å². The number of carbonyl (C=O) groups is 1. The van der Waals surface area contributed by atoms with Crippen LogP contribution in [-0.2, 0) is 9.53 Å². The first-order valence-electron chi connectivity index (χ1n) is 9.15. The molecule has 1 aliphatic carbocycles. The highest BCUT2D eigenvalue weighted by atomic mass is 16.5. The van der Waals surface area contributed by atoms with Crippen molar-refractivity contribution >= 4 is 11.9 Å². The van der Waals surface area contributed by atoms with E-state index in [-0.39, 0.29) is 5.91 Å². The zero-order valence-corrected chi connectivity index (χ0v) is 14.8. The molecule has 1 amide bonds. The highest BCUT2D eigenvalue weighted by Crippen LogP contribution is 2.17. The van der Waals surface area contributed by atoms with Crippen LogP contribution in [0.1, 0.15) is 58.8 Å². The first kappa shape index (κ1) is 19.7. The third-order valence-corrected chi connectivity index (χ3v) is 3.88. The van der Waals surface area contributed by atoms with Crippen molar-refractivity contribution in [2.75, 3.05) is 32.8 Å². The summed E-state index contributed by atoms with van der Waals surface area (Å²) in [4.78, 5) is 16.4. The Hall–Kier alpha value is -1.30. The number of rotatable bonds is 10. The van der Waals surface area contributed by atoms with E-state index in [0.29, 0.717) is 19.0 Å². The number of guanidine groups is 1. The Morgan fingerprint density at radius 3 is 2.65 bits per heavy atom. The molecule has 6 heteroatoms. The Morgan fingerprint density at radius 2 is 1.96 bits per heavy atom. The number of hydrogen-bond acceptors (Lipinski definition) is 3. The lowest BCUT2D eigenvalue weighted by atomic mass is 9.95. The maximum absolute atomic E-state index is 12.0. The van der Waals surface area contributed by atoms with Crippen LogP contribution in [0.25, 0.3) is 0 Å². The maximum atomic E-state index is 12.0. The molecule has 0 aliphatic heterocycles. The van der Waals surface area contributed by atoms with Crippen LogP contribution in [0.5, 0.6) is 0 Å². The Morgan fingerprint density at radius 1 is 1.17 bits per heavy atom. The van der Waals surface area contributed by atoms with E-state index >= 15 is 0 Å². The van der Waals surface area contributed by atoms with Gasteiger partial charge in [0.25, 0.3) is 0 Å². The fourth-order valence-electron chi connectivity index (χ4n) is 2.68. The zero-order chi connectivity index (χ0) is 16.8. The van der Waals surface area contributed by atoms with Crippen LogP contribution in [0.15, 0.2) is 4.99 Å². The van der Waals surface area contributed by atoms with E-state index in [4.69, 9.17) is 4.74 Å². The predicted octanol–water partition coefficient (Wildman–Crippen LogP) is 1.81. The molecule has 0 heterocycles. The summed E-state index contributed by atoms with van der Waals surface area (Å²) in [5, 5.41) is 9.55. The summed E-state index contributed by atoms with van der Waals surface area (Å²) in [5.41, 5.74) is 0. The Bertz CT molecular complexity index is 341. The van der Waals surface area contributed by atoms with Crippen molar-refractivity contribution in [3.8, 4) is 0 Å². The van der Waals surface area contributed by atoms with Gasteiger partial charge in [0, 0.05) is 45.3 Å². The van der Waals surface area contributed by atoms with E-state index < -0.39 is 0 Å². The lowest BCUT2D eigenvalue weighted by Crippen LogP contribution is -2.41. The minimum atomic E-state index is 0.136. The molecule has 0 spiro atoms. The molecular weight excluding hydrogens is 292 g/mol. The van der Waals surface area contributed by atoms with Crippen molar-refractivity contribution in [3.05, 3.63) is 0 Å². The lowest BCUT2D eigenvalue weighted by molar-refractivity contribution is -0.121. The number of nitrogens with zero attached hydrogens (tertiary/aromatic N) is 1. The first-order valence-corrected chi connectivity index (χ1v) is 9.15. The molecule has 1 rings (SSSR count). The molecular formula is C17H34N4O2. The van der Waals surface area contributed by atoms with Gasteiger partial charge in [-0.15, -0.1) is 0 Å². The molecule has 1 saturated carbocycles. The molecule has 3 N–H and O–H groups in total. The highest BCUT2D eigenvalue weighted by Gasteiger charge is 2.15. The van der Waals surface area contributed by atoms with Gasteiger partial charge < -0.3 is 20.7 Å². The zero-order valence-electron chi connectivity index (χ0n) is 14.8. The van der Waals surface area contributed by atoms with Crippen molar-refractivity contribution < 1.29 is 9.53 Å².